The molecule has 142 valence electrons. The number of amides is 1. The van der Waals surface area contributed by atoms with Gasteiger partial charge in [-0.15, -0.1) is 0 Å². The lowest BCUT2D eigenvalue weighted by atomic mass is 9.95. The van der Waals surface area contributed by atoms with Gasteiger partial charge in [-0.2, -0.15) is 0 Å². The topological polar surface area (TPSA) is 42.0 Å². The number of carbonyl (C=O) groups is 1. The molecule has 0 unspecified atom stereocenters. The van der Waals surface area contributed by atoms with Gasteiger partial charge in [-0.05, 0) is 43.4 Å². The van der Waals surface area contributed by atoms with Gasteiger partial charge in [0.1, 0.15) is 5.75 Å². The maximum atomic E-state index is 12.5. The summed E-state index contributed by atoms with van der Waals surface area (Å²) in [5.41, 5.74) is 1.17. The molecule has 3 rings (SSSR count). The van der Waals surface area contributed by atoms with Crippen molar-refractivity contribution in [2.75, 3.05) is 52.5 Å². The molecule has 0 spiro atoms. The molecule has 0 radical (unpaired) electrons. The molecule has 2 saturated heterocycles. The number of ether oxygens (including phenoxy) is 2. The summed E-state index contributed by atoms with van der Waals surface area (Å²) in [5.74, 6) is 1.72. The summed E-state index contributed by atoms with van der Waals surface area (Å²) in [7, 11) is 0. The zero-order valence-corrected chi connectivity index (χ0v) is 15.7. The van der Waals surface area contributed by atoms with Gasteiger partial charge in [0.2, 0.25) is 5.91 Å². The normalized spacial score (nSPS) is 19.8. The Hall–Kier alpha value is -1.85. The summed E-state index contributed by atoms with van der Waals surface area (Å²) >= 11 is 0. The zero-order chi connectivity index (χ0) is 18.2. The van der Waals surface area contributed by atoms with E-state index in [-0.39, 0.29) is 5.91 Å². The first-order valence-corrected chi connectivity index (χ1v) is 9.73. The Kier molecular flexibility index (Phi) is 7.09. The Bertz CT molecular complexity index is 603. The van der Waals surface area contributed by atoms with E-state index >= 15 is 0 Å². The van der Waals surface area contributed by atoms with Crippen molar-refractivity contribution in [1.82, 2.24) is 9.80 Å². The zero-order valence-electron chi connectivity index (χ0n) is 15.7. The number of likely N-dealkylation sites (tertiary alicyclic amines) is 1. The monoisotopic (exact) mass is 358 g/mol. The third kappa shape index (κ3) is 5.58. The van der Waals surface area contributed by atoms with Gasteiger partial charge in [-0.1, -0.05) is 24.3 Å². The van der Waals surface area contributed by atoms with Gasteiger partial charge < -0.3 is 14.4 Å². The molecule has 2 aliphatic rings. The number of hydrogen-bond donors (Lipinski definition) is 0. The van der Waals surface area contributed by atoms with Crippen LogP contribution in [0.25, 0.3) is 6.08 Å². The van der Waals surface area contributed by atoms with Crippen LogP contribution in [0.3, 0.4) is 0 Å². The van der Waals surface area contributed by atoms with E-state index < -0.39 is 0 Å². The number of nitrogens with zero attached hydrogens (tertiary/aromatic N) is 2. The lowest BCUT2D eigenvalue weighted by Gasteiger charge is -2.33. The van der Waals surface area contributed by atoms with Crippen molar-refractivity contribution in [3.05, 3.63) is 35.9 Å². The lowest BCUT2D eigenvalue weighted by molar-refractivity contribution is -0.134. The number of rotatable bonds is 6. The molecule has 5 nitrogen and oxygen atoms in total. The number of carbonyl (C=O) groups excluding carboxylic acids is 1. The number of hydrogen-bond acceptors (Lipinski definition) is 4. The first-order chi connectivity index (χ1) is 12.7. The number of allylic oxidation sites excluding steroid dienone is 1. The summed E-state index contributed by atoms with van der Waals surface area (Å²) in [6.07, 6.45) is 6.54. The minimum Gasteiger partial charge on any atom is -0.494 e. The Balaban J connectivity index is 1.44. The molecule has 2 fully saturated rings. The predicted molar refractivity (Wildman–Crippen MR) is 103 cm³/mol. The second-order valence-electron chi connectivity index (χ2n) is 6.97. The molecule has 0 aliphatic carbocycles. The van der Waals surface area contributed by atoms with Gasteiger partial charge in [-0.25, -0.2) is 0 Å². The van der Waals surface area contributed by atoms with Crippen LogP contribution in [-0.4, -0.2) is 68.3 Å². The maximum absolute atomic E-state index is 12.5. The average molecular weight is 358 g/mol. The molecule has 26 heavy (non-hydrogen) atoms. The van der Waals surface area contributed by atoms with Crippen LogP contribution >= 0.6 is 0 Å². The van der Waals surface area contributed by atoms with Gasteiger partial charge in [-0.3, -0.25) is 9.69 Å². The van der Waals surface area contributed by atoms with Crippen LogP contribution in [0.15, 0.2) is 30.3 Å². The van der Waals surface area contributed by atoms with Crippen molar-refractivity contribution in [1.29, 1.82) is 0 Å². The summed E-state index contributed by atoms with van der Waals surface area (Å²) in [4.78, 5) is 16.7. The van der Waals surface area contributed by atoms with Gasteiger partial charge in [0.05, 0.1) is 26.4 Å². The highest BCUT2D eigenvalue weighted by molar-refractivity contribution is 5.78. The van der Waals surface area contributed by atoms with Crippen molar-refractivity contribution in [3.63, 3.8) is 0 Å². The molecule has 5 heteroatoms. The number of morpholine rings is 1. The SMILES string of the molecule is CCOc1cccc(C=CC2CCN(C(=O)CN3CCOCC3)CC2)c1. The van der Waals surface area contributed by atoms with E-state index in [1.165, 1.54) is 5.56 Å². The first-order valence-electron chi connectivity index (χ1n) is 9.73. The van der Waals surface area contributed by atoms with Crippen molar-refractivity contribution >= 4 is 12.0 Å². The maximum Gasteiger partial charge on any atom is 0.236 e. The Morgan fingerprint density at radius 3 is 2.73 bits per heavy atom. The van der Waals surface area contributed by atoms with Crippen molar-refractivity contribution < 1.29 is 14.3 Å². The molecule has 1 amide bonds. The van der Waals surface area contributed by atoms with Crippen LogP contribution in [0.1, 0.15) is 25.3 Å². The fourth-order valence-electron chi connectivity index (χ4n) is 3.51. The molecule has 0 saturated carbocycles. The lowest BCUT2D eigenvalue weighted by Crippen LogP contribution is -2.46. The molecule has 0 aromatic heterocycles. The van der Waals surface area contributed by atoms with Crippen LogP contribution in [-0.2, 0) is 9.53 Å². The third-order valence-corrected chi connectivity index (χ3v) is 5.08. The highest BCUT2D eigenvalue weighted by atomic mass is 16.5. The fraction of sp³-hybridized carbons (Fsp3) is 0.571. The van der Waals surface area contributed by atoms with Gasteiger partial charge in [0.15, 0.2) is 0 Å². The largest absolute Gasteiger partial charge is 0.494 e. The van der Waals surface area contributed by atoms with Crippen LogP contribution < -0.4 is 4.74 Å². The van der Waals surface area contributed by atoms with E-state index in [1.54, 1.807) is 0 Å². The van der Waals surface area contributed by atoms with E-state index in [0.717, 1.165) is 58.0 Å². The molecule has 2 heterocycles. The Labute approximate surface area is 156 Å². The second-order valence-corrected chi connectivity index (χ2v) is 6.97. The predicted octanol–water partition coefficient (Wildman–Crippen LogP) is 2.67. The smallest absolute Gasteiger partial charge is 0.236 e. The van der Waals surface area contributed by atoms with E-state index in [4.69, 9.17) is 9.47 Å². The van der Waals surface area contributed by atoms with E-state index in [2.05, 4.69) is 29.2 Å². The highest BCUT2D eigenvalue weighted by Crippen LogP contribution is 2.21. The number of piperidine rings is 1. The minimum atomic E-state index is 0.263. The summed E-state index contributed by atoms with van der Waals surface area (Å²) < 4.78 is 10.9. The summed E-state index contributed by atoms with van der Waals surface area (Å²) in [6, 6.07) is 8.18. The molecular weight excluding hydrogens is 328 g/mol. The Morgan fingerprint density at radius 1 is 1.23 bits per heavy atom. The van der Waals surface area contributed by atoms with Crippen molar-refractivity contribution in [3.8, 4) is 5.75 Å². The first kappa shape index (κ1) is 18.9. The number of benzene rings is 1. The molecular formula is C21H30N2O3. The van der Waals surface area contributed by atoms with E-state index in [1.807, 2.05) is 24.0 Å². The van der Waals surface area contributed by atoms with E-state index in [9.17, 15) is 4.79 Å². The quantitative estimate of drug-likeness (QED) is 0.784. The van der Waals surface area contributed by atoms with Gasteiger partial charge in [0, 0.05) is 26.2 Å². The molecule has 1 aromatic rings. The van der Waals surface area contributed by atoms with Crippen LogP contribution in [0.2, 0.25) is 0 Å². The third-order valence-electron chi connectivity index (χ3n) is 5.08. The molecule has 0 N–H and O–H groups in total. The summed E-state index contributed by atoms with van der Waals surface area (Å²) in [6.45, 7) is 8.15. The van der Waals surface area contributed by atoms with Crippen LogP contribution in [0.4, 0.5) is 0 Å². The fourth-order valence-corrected chi connectivity index (χ4v) is 3.51. The van der Waals surface area contributed by atoms with Crippen molar-refractivity contribution in [2.45, 2.75) is 19.8 Å². The second kappa shape index (κ2) is 9.74. The van der Waals surface area contributed by atoms with Crippen molar-refractivity contribution in [2.24, 2.45) is 5.92 Å². The molecule has 0 atom stereocenters. The van der Waals surface area contributed by atoms with Gasteiger partial charge in [0.25, 0.3) is 0 Å². The molecule has 2 aliphatic heterocycles. The summed E-state index contributed by atoms with van der Waals surface area (Å²) in [5, 5.41) is 0. The van der Waals surface area contributed by atoms with E-state index in [0.29, 0.717) is 19.1 Å². The standard InChI is InChI=1S/C21H30N2O3/c1-2-26-20-5-3-4-19(16-20)7-6-18-8-10-23(11-9-18)21(24)17-22-12-14-25-15-13-22/h3-7,16,18H,2,8-15,17H2,1H3. The minimum absolute atomic E-state index is 0.263. The highest BCUT2D eigenvalue weighted by Gasteiger charge is 2.23. The average Bonchev–Trinajstić information content (AvgIpc) is 2.68. The Morgan fingerprint density at radius 2 is 2.00 bits per heavy atom. The molecule has 1 aromatic carbocycles. The van der Waals surface area contributed by atoms with Crippen LogP contribution in [0.5, 0.6) is 5.75 Å². The molecule has 0 bridgehead atoms. The van der Waals surface area contributed by atoms with Crippen LogP contribution in [0, 0.1) is 5.92 Å². The van der Waals surface area contributed by atoms with Gasteiger partial charge >= 0.3 is 0 Å².